The number of hydrogen-bond donors (Lipinski definition) is 1. The molecule has 0 aromatic carbocycles. The third-order valence-corrected chi connectivity index (χ3v) is 5.04. The highest BCUT2D eigenvalue weighted by atomic mass is 16.6. The van der Waals surface area contributed by atoms with Crippen molar-refractivity contribution >= 4 is 5.97 Å². The Morgan fingerprint density at radius 3 is 0.974 bits per heavy atom. The normalized spacial score (nSPS) is 11.6. The standard InChI is InChI=1S/C27H55NO11/c1-3-9-31-15-21-37-24-18-34-12-6-28(7-13-35-19-25-38-22-16-32-10-4-2)8-14-36-20-26-39-23-17-33-11-5-27(29)30/h3-26H2,1-2H3,(H,29,30). The smallest absolute Gasteiger partial charge is 0.305 e. The van der Waals surface area contributed by atoms with Gasteiger partial charge in [-0.2, -0.15) is 0 Å². The Morgan fingerprint density at radius 1 is 0.436 bits per heavy atom. The van der Waals surface area contributed by atoms with E-state index in [2.05, 4.69) is 18.7 Å². The minimum Gasteiger partial charge on any atom is -0.481 e. The van der Waals surface area contributed by atoms with Crippen LogP contribution in [0.15, 0.2) is 0 Å². The van der Waals surface area contributed by atoms with E-state index in [1.165, 1.54) is 0 Å². The molecular formula is C27H55NO11. The molecule has 0 amide bonds. The number of rotatable bonds is 34. The number of carboxylic acids is 1. The first-order valence-electron chi connectivity index (χ1n) is 14.3. The Labute approximate surface area is 235 Å². The van der Waals surface area contributed by atoms with E-state index >= 15 is 0 Å². The summed E-state index contributed by atoms with van der Waals surface area (Å²) in [5.41, 5.74) is 0. The fraction of sp³-hybridized carbons (Fsp3) is 0.963. The molecule has 0 aliphatic carbocycles. The van der Waals surface area contributed by atoms with Gasteiger partial charge in [-0.15, -0.1) is 0 Å². The van der Waals surface area contributed by atoms with Crippen molar-refractivity contribution in [1.82, 2.24) is 4.90 Å². The molecule has 1 N–H and O–H groups in total. The van der Waals surface area contributed by atoms with Crippen molar-refractivity contribution in [2.45, 2.75) is 33.1 Å². The lowest BCUT2D eigenvalue weighted by Crippen LogP contribution is -2.34. The van der Waals surface area contributed by atoms with Gasteiger partial charge in [-0.25, -0.2) is 0 Å². The van der Waals surface area contributed by atoms with Crippen LogP contribution in [-0.4, -0.2) is 155 Å². The first-order chi connectivity index (χ1) is 19.2. The maximum absolute atomic E-state index is 10.4. The molecule has 0 rings (SSSR count). The summed E-state index contributed by atoms with van der Waals surface area (Å²) in [7, 11) is 0. The van der Waals surface area contributed by atoms with E-state index in [1.54, 1.807) is 0 Å². The van der Waals surface area contributed by atoms with E-state index in [9.17, 15) is 4.79 Å². The van der Waals surface area contributed by atoms with Gasteiger partial charge in [0.2, 0.25) is 0 Å². The Morgan fingerprint density at radius 2 is 0.692 bits per heavy atom. The number of ether oxygens (including phenoxy) is 9. The van der Waals surface area contributed by atoms with E-state index in [1.807, 2.05) is 0 Å². The summed E-state index contributed by atoms with van der Waals surface area (Å²) in [6.07, 6.45) is 2.03. The summed E-state index contributed by atoms with van der Waals surface area (Å²) < 4.78 is 49.5. The predicted octanol–water partition coefficient (Wildman–Crippen LogP) is 1.73. The summed E-state index contributed by atoms with van der Waals surface area (Å²) in [6.45, 7) is 16.3. The average molecular weight is 570 g/mol. The molecule has 0 spiro atoms. The number of carboxylic acid groups (broad SMARTS) is 1. The Balaban J connectivity index is 3.89. The molecule has 0 unspecified atom stereocenters. The predicted molar refractivity (Wildman–Crippen MR) is 147 cm³/mol. The lowest BCUT2D eigenvalue weighted by atomic mass is 10.4. The molecule has 39 heavy (non-hydrogen) atoms. The molecule has 12 nitrogen and oxygen atoms in total. The lowest BCUT2D eigenvalue weighted by Gasteiger charge is -2.22. The van der Waals surface area contributed by atoms with Crippen LogP contribution in [0.4, 0.5) is 0 Å². The van der Waals surface area contributed by atoms with Gasteiger partial charge >= 0.3 is 5.97 Å². The Kier molecular flexibility index (Phi) is 32.5. The third kappa shape index (κ3) is 33.2. The van der Waals surface area contributed by atoms with Crippen LogP contribution >= 0.6 is 0 Å². The molecule has 234 valence electrons. The zero-order valence-corrected chi connectivity index (χ0v) is 24.4. The van der Waals surface area contributed by atoms with Crippen LogP contribution in [0.3, 0.4) is 0 Å². The molecule has 0 aliphatic heterocycles. The molecule has 0 saturated carbocycles. The Hall–Kier alpha value is -0.930. The molecule has 0 aliphatic rings. The van der Waals surface area contributed by atoms with Crippen LogP contribution in [0.1, 0.15) is 33.1 Å². The van der Waals surface area contributed by atoms with E-state index in [0.717, 1.165) is 45.7 Å². The summed E-state index contributed by atoms with van der Waals surface area (Å²) in [5, 5.41) is 8.56. The second-order valence-corrected chi connectivity index (χ2v) is 8.50. The van der Waals surface area contributed by atoms with Crippen LogP contribution in [0.25, 0.3) is 0 Å². The van der Waals surface area contributed by atoms with Gasteiger partial charge in [0.05, 0.1) is 112 Å². The van der Waals surface area contributed by atoms with Crippen LogP contribution < -0.4 is 0 Å². The highest BCUT2D eigenvalue weighted by Crippen LogP contribution is 1.93. The first-order valence-corrected chi connectivity index (χ1v) is 14.3. The van der Waals surface area contributed by atoms with Gasteiger partial charge in [0.25, 0.3) is 0 Å². The molecule has 0 fully saturated rings. The number of hydrogen-bond acceptors (Lipinski definition) is 11. The summed E-state index contributed by atoms with van der Waals surface area (Å²) in [5.74, 6) is -0.869. The molecule has 0 heterocycles. The zero-order valence-electron chi connectivity index (χ0n) is 24.4. The molecule has 0 saturated heterocycles. The highest BCUT2D eigenvalue weighted by molar-refractivity contribution is 5.66. The largest absolute Gasteiger partial charge is 0.481 e. The highest BCUT2D eigenvalue weighted by Gasteiger charge is 2.06. The topological polar surface area (TPSA) is 124 Å². The van der Waals surface area contributed by atoms with Gasteiger partial charge in [0.1, 0.15) is 0 Å². The van der Waals surface area contributed by atoms with E-state index in [0.29, 0.717) is 99.1 Å². The van der Waals surface area contributed by atoms with Crippen molar-refractivity contribution in [3.8, 4) is 0 Å². The van der Waals surface area contributed by atoms with Crippen LogP contribution in [0, 0.1) is 0 Å². The van der Waals surface area contributed by atoms with Crippen molar-refractivity contribution in [3.63, 3.8) is 0 Å². The molecule has 0 aromatic heterocycles. The maximum Gasteiger partial charge on any atom is 0.305 e. The van der Waals surface area contributed by atoms with Crippen molar-refractivity contribution in [2.24, 2.45) is 0 Å². The fourth-order valence-electron chi connectivity index (χ4n) is 2.99. The van der Waals surface area contributed by atoms with Gasteiger partial charge in [0, 0.05) is 32.8 Å². The zero-order chi connectivity index (χ0) is 28.5. The first kappa shape index (κ1) is 38.1. The van der Waals surface area contributed by atoms with Gasteiger partial charge in [-0.1, -0.05) is 13.8 Å². The van der Waals surface area contributed by atoms with Crippen molar-refractivity contribution in [3.05, 3.63) is 0 Å². The monoisotopic (exact) mass is 569 g/mol. The molecule has 0 atom stereocenters. The molecular weight excluding hydrogens is 514 g/mol. The van der Waals surface area contributed by atoms with Crippen LogP contribution in [0.2, 0.25) is 0 Å². The van der Waals surface area contributed by atoms with Gasteiger partial charge in [-0.3, -0.25) is 9.69 Å². The van der Waals surface area contributed by atoms with Crippen molar-refractivity contribution in [1.29, 1.82) is 0 Å². The van der Waals surface area contributed by atoms with Gasteiger partial charge < -0.3 is 47.7 Å². The van der Waals surface area contributed by atoms with E-state index in [-0.39, 0.29) is 13.0 Å². The molecule has 0 radical (unpaired) electrons. The number of carbonyl (C=O) groups is 1. The summed E-state index contributed by atoms with van der Waals surface area (Å²) >= 11 is 0. The number of aliphatic carboxylic acids is 1. The van der Waals surface area contributed by atoms with Crippen molar-refractivity contribution < 1.29 is 52.5 Å². The van der Waals surface area contributed by atoms with Crippen LogP contribution in [0.5, 0.6) is 0 Å². The SMILES string of the molecule is CCCOCCOCCOCCN(CCOCCOCCOCCC)CCOCCOCCOCCC(=O)O. The minimum atomic E-state index is -0.869. The molecule has 12 heteroatoms. The summed E-state index contributed by atoms with van der Waals surface area (Å²) in [4.78, 5) is 12.7. The minimum absolute atomic E-state index is 0.000351. The second-order valence-electron chi connectivity index (χ2n) is 8.50. The Bertz CT molecular complexity index is 465. The fourth-order valence-corrected chi connectivity index (χ4v) is 2.99. The number of nitrogens with zero attached hydrogens (tertiary/aromatic N) is 1. The van der Waals surface area contributed by atoms with Gasteiger partial charge in [0.15, 0.2) is 0 Å². The molecule has 0 aromatic rings. The van der Waals surface area contributed by atoms with Crippen LogP contribution in [-0.2, 0) is 47.4 Å². The summed E-state index contributed by atoms with van der Waals surface area (Å²) in [6, 6.07) is 0. The second kappa shape index (κ2) is 33.3. The van der Waals surface area contributed by atoms with Gasteiger partial charge in [-0.05, 0) is 12.8 Å². The molecule has 0 bridgehead atoms. The van der Waals surface area contributed by atoms with Crippen molar-refractivity contribution in [2.75, 3.05) is 139 Å². The van der Waals surface area contributed by atoms with E-state index in [4.69, 9.17) is 47.7 Å². The lowest BCUT2D eigenvalue weighted by molar-refractivity contribution is -0.138. The van der Waals surface area contributed by atoms with E-state index < -0.39 is 5.97 Å². The third-order valence-electron chi connectivity index (χ3n) is 5.04. The average Bonchev–Trinajstić information content (AvgIpc) is 2.93. The maximum atomic E-state index is 10.4. The quantitative estimate of drug-likeness (QED) is 0.114.